The third kappa shape index (κ3) is 2.50. The van der Waals surface area contributed by atoms with Gasteiger partial charge in [0, 0.05) is 23.5 Å². The zero-order valence-electron chi connectivity index (χ0n) is 10.1. The molecule has 1 atom stereocenters. The van der Waals surface area contributed by atoms with Crippen LogP contribution in [-0.2, 0) is 6.42 Å². The van der Waals surface area contributed by atoms with Gasteiger partial charge >= 0.3 is 0 Å². The molecule has 0 aliphatic rings. The first-order valence-corrected chi connectivity index (χ1v) is 7.24. The first-order chi connectivity index (χ1) is 9.25. The quantitative estimate of drug-likeness (QED) is 0.783. The summed E-state index contributed by atoms with van der Waals surface area (Å²) >= 11 is 7.73. The van der Waals surface area contributed by atoms with Gasteiger partial charge in [-0.1, -0.05) is 29.8 Å². The number of hydrogen-bond donors (Lipinski definition) is 1. The summed E-state index contributed by atoms with van der Waals surface area (Å²) in [6.45, 7) is 0. The third-order valence-electron chi connectivity index (χ3n) is 3.14. The second-order valence-corrected chi connectivity index (χ2v) is 5.69. The van der Waals surface area contributed by atoms with Crippen LogP contribution < -0.4 is 0 Å². The molecule has 2 nitrogen and oxygen atoms in total. The maximum atomic E-state index is 10.4. The molecule has 0 saturated heterocycles. The number of hydrogen-bond acceptors (Lipinski definition) is 3. The van der Waals surface area contributed by atoms with Crippen molar-refractivity contribution in [3.05, 3.63) is 64.3 Å². The molecule has 0 bridgehead atoms. The predicted octanol–water partition coefficient (Wildman–Crippen LogP) is 4.23. The lowest BCUT2D eigenvalue weighted by atomic mass is 10.0. The summed E-state index contributed by atoms with van der Waals surface area (Å²) < 4.78 is 1.19. The molecule has 3 rings (SSSR count). The van der Waals surface area contributed by atoms with E-state index in [4.69, 9.17) is 11.6 Å². The lowest BCUT2D eigenvalue weighted by Gasteiger charge is -2.11. The van der Waals surface area contributed by atoms with Gasteiger partial charge in [0.1, 0.15) is 0 Å². The van der Waals surface area contributed by atoms with Gasteiger partial charge in [-0.3, -0.25) is 4.98 Å². The SMILES string of the molecule is OC(Cc1ccncc1Cl)c1csc2ccccc12. The standard InChI is InChI=1S/C15H12ClNOS/c16-13-8-17-6-5-10(13)7-14(18)12-9-19-15-4-2-1-3-11(12)15/h1-6,8-9,14,18H,7H2. The van der Waals surface area contributed by atoms with Crippen molar-refractivity contribution < 1.29 is 5.11 Å². The van der Waals surface area contributed by atoms with Crippen LogP contribution in [0, 0.1) is 0 Å². The fraction of sp³-hybridized carbons (Fsp3) is 0.133. The lowest BCUT2D eigenvalue weighted by molar-refractivity contribution is 0.180. The fourth-order valence-corrected chi connectivity index (χ4v) is 3.35. The molecule has 0 aliphatic carbocycles. The Hall–Kier alpha value is -1.42. The molecule has 96 valence electrons. The van der Waals surface area contributed by atoms with Gasteiger partial charge in [0.05, 0.1) is 11.1 Å². The van der Waals surface area contributed by atoms with Crippen molar-refractivity contribution in [2.75, 3.05) is 0 Å². The minimum atomic E-state index is -0.545. The Kier molecular flexibility index (Phi) is 3.51. The van der Waals surface area contributed by atoms with Crippen LogP contribution in [-0.4, -0.2) is 10.1 Å². The van der Waals surface area contributed by atoms with E-state index in [1.165, 1.54) is 4.70 Å². The molecule has 0 aliphatic heterocycles. The Morgan fingerprint density at radius 1 is 1.26 bits per heavy atom. The van der Waals surface area contributed by atoms with E-state index in [0.29, 0.717) is 11.4 Å². The van der Waals surface area contributed by atoms with Crippen LogP contribution in [0.15, 0.2) is 48.1 Å². The average Bonchev–Trinajstić information content (AvgIpc) is 2.85. The minimum absolute atomic E-state index is 0.502. The third-order valence-corrected chi connectivity index (χ3v) is 4.46. The Balaban J connectivity index is 1.92. The molecule has 2 heterocycles. The molecule has 4 heteroatoms. The molecular formula is C15H12ClNOS. The van der Waals surface area contributed by atoms with E-state index in [-0.39, 0.29) is 0 Å². The molecule has 2 aromatic heterocycles. The van der Waals surface area contributed by atoms with Crippen LogP contribution in [0.25, 0.3) is 10.1 Å². The monoisotopic (exact) mass is 289 g/mol. The van der Waals surface area contributed by atoms with Gasteiger partial charge in [0.15, 0.2) is 0 Å². The smallest absolute Gasteiger partial charge is 0.0844 e. The van der Waals surface area contributed by atoms with E-state index in [2.05, 4.69) is 11.1 Å². The fourth-order valence-electron chi connectivity index (χ4n) is 2.14. The van der Waals surface area contributed by atoms with Gasteiger partial charge in [-0.15, -0.1) is 11.3 Å². The number of aliphatic hydroxyl groups is 1. The van der Waals surface area contributed by atoms with Gasteiger partial charge in [0.25, 0.3) is 0 Å². The molecule has 0 spiro atoms. The van der Waals surface area contributed by atoms with Crippen LogP contribution in [0.1, 0.15) is 17.2 Å². The highest BCUT2D eigenvalue weighted by molar-refractivity contribution is 7.17. The summed E-state index contributed by atoms with van der Waals surface area (Å²) in [4.78, 5) is 3.95. The number of aromatic nitrogens is 1. The number of halogens is 1. The molecule has 0 saturated carbocycles. The molecule has 1 N–H and O–H groups in total. The van der Waals surface area contributed by atoms with Crippen LogP contribution in [0.3, 0.4) is 0 Å². The zero-order chi connectivity index (χ0) is 13.2. The van der Waals surface area contributed by atoms with Crippen LogP contribution in [0.2, 0.25) is 5.02 Å². The molecule has 3 aromatic rings. The topological polar surface area (TPSA) is 33.1 Å². The van der Waals surface area contributed by atoms with Crippen molar-refractivity contribution in [1.29, 1.82) is 0 Å². The number of benzene rings is 1. The van der Waals surface area contributed by atoms with Gasteiger partial charge < -0.3 is 5.11 Å². The molecule has 1 unspecified atom stereocenters. The van der Waals surface area contributed by atoms with E-state index < -0.39 is 6.10 Å². The number of thiophene rings is 1. The predicted molar refractivity (Wildman–Crippen MR) is 79.7 cm³/mol. The zero-order valence-corrected chi connectivity index (χ0v) is 11.7. The van der Waals surface area contributed by atoms with Crippen LogP contribution >= 0.6 is 22.9 Å². The van der Waals surface area contributed by atoms with E-state index >= 15 is 0 Å². The number of fused-ring (bicyclic) bond motifs is 1. The van der Waals surface area contributed by atoms with Gasteiger partial charge in [-0.05, 0) is 34.0 Å². The van der Waals surface area contributed by atoms with E-state index in [1.807, 2.05) is 29.6 Å². The summed E-state index contributed by atoms with van der Waals surface area (Å²) in [6.07, 6.45) is 3.26. The van der Waals surface area contributed by atoms with Crippen molar-refractivity contribution in [3.63, 3.8) is 0 Å². The average molecular weight is 290 g/mol. The largest absolute Gasteiger partial charge is 0.388 e. The van der Waals surface area contributed by atoms with E-state index in [9.17, 15) is 5.11 Å². The summed E-state index contributed by atoms with van der Waals surface area (Å²) in [5.74, 6) is 0. The van der Waals surface area contributed by atoms with Crippen molar-refractivity contribution in [1.82, 2.24) is 4.98 Å². The maximum absolute atomic E-state index is 10.4. The Labute approximate surface area is 120 Å². The summed E-state index contributed by atoms with van der Waals surface area (Å²) in [5.41, 5.74) is 1.88. The van der Waals surface area contributed by atoms with E-state index in [1.54, 1.807) is 23.7 Å². The van der Waals surface area contributed by atoms with Crippen molar-refractivity contribution in [3.8, 4) is 0 Å². The number of rotatable bonds is 3. The van der Waals surface area contributed by atoms with Gasteiger partial charge in [-0.2, -0.15) is 0 Å². The number of aliphatic hydroxyl groups excluding tert-OH is 1. The molecular weight excluding hydrogens is 278 g/mol. The summed E-state index contributed by atoms with van der Waals surface area (Å²) in [5, 5.41) is 14.1. The summed E-state index contributed by atoms with van der Waals surface area (Å²) in [7, 11) is 0. The lowest BCUT2D eigenvalue weighted by Crippen LogP contribution is -2.01. The molecule has 19 heavy (non-hydrogen) atoms. The normalized spacial score (nSPS) is 12.7. The molecule has 0 fully saturated rings. The second-order valence-electron chi connectivity index (χ2n) is 4.37. The molecule has 0 radical (unpaired) electrons. The first-order valence-electron chi connectivity index (χ1n) is 5.98. The highest BCUT2D eigenvalue weighted by atomic mass is 35.5. The van der Waals surface area contributed by atoms with Crippen molar-refractivity contribution in [2.45, 2.75) is 12.5 Å². The van der Waals surface area contributed by atoms with Crippen LogP contribution in [0.4, 0.5) is 0 Å². The van der Waals surface area contributed by atoms with Crippen molar-refractivity contribution in [2.24, 2.45) is 0 Å². The van der Waals surface area contributed by atoms with Gasteiger partial charge in [-0.25, -0.2) is 0 Å². The van der Waals surface area contributed by atoms with Crippen LogP contribution in [0.5, 0.6) is 0 Å². The maximum Gasteiger partial charge on any atom is 0.0844 e. The highest BCUT2D eigenvalue weighted by Crippen LogP contribution is 2.32. The van der Waals surface area contributed by atoms with E-state index in [0.717, 1.165) is 16.5 Å². The first kappa shape index (κ1) is 12.6. The number of nitrogens with zero attached hydrogens (tertiary/aromatic N) is 1. The minimum Gasteiger partial charge on any atom is -0.388 e. The Morgan fingerprint density at radius 2 is 2.11 bits per heavy atom. The summed E-state index contributed by atoms with van der Waals surface area (Å²) in [6, 6.07) is 9.95. The Morgan fingerprint density at radius 3 is 2.95 bits per heavy atom. The van der Waals surface area contributed by atoms with Crippen molar-refractivity contribution >= 4 is 33.0 Å². The molecule has 1 aromatic carbocycles. The molecule has 0 amide bonds. The van der Waals surface area contributed by atoms with Gasteiger partial charge in [0.2, 0.25) is 0 Å². The Bertz CT molecular complexity index is 710. The second kappa shape index (κ2) is 5.29. The number of pyridine rings is 1. The highest BCUT2D eigenvalue weighted by Gasteiger charge is 2.14.